The van der Waals surface area contributed by atoms with E-state index in [2.05, 4.69) is 17.6 Å². The van der Waals surface area contributed by atoms with Gasteiger partial charge in [-0.2, -0.15) is 0 Å². The highest BCUT2D eigenvalue weighted by Crippen LogP contribution is 2.04. The van der Waals surface area contributed by atoms with Gasteiger partial charge in [0.2, 0.25) is 5.91 Å². The summed E-state index contributed by atoms with van der Waals surface area (Å²) in [5.41, 5.74) is 0. The van der Waals surface area contributed by atoms with E-state index in [1.165, 1.54) is 0 Å². The van der Waals surface area contributed by atoms with Crippen LogP contribution < -0.4 is 10.6 Å². The largest absolute Gasteiger partial charge is 0.356 e. The van der Waals surface area contributed by atoms with Crippen molar-refractivity contribution in [3.8, 4) is 0 Å². The Hall–Kier alpha value is -0.570. The summed E-state index contributed by atoms with van der Waals surface area (Å²) in [5.74, 6) is 0.188. The maximum atomic E-state index is 11.0. The number of rotatable bonds is 2. The van der Waals surface area contributed by atoms with Crippen molar-refractivity contribution in [1.82, 2.24) is 10.6 Å². The van der Waals surface area contributed by atoms with E-state index >= 15 is 0 Å². The predicted octanol–water partition coefficient (Wildman–Crippen LogP) is 0.265. The van der Waals surface area contributed by atoms with Gasteiger partial charge in [-0.25, -0.2) is 0 Å². The Kier molecular flexibility index (Phi) is 3.36. The minimum absolute atomic E-state index is 0.188. The number of amides is 1. The lowest BCUT2D eigenvalue weighted by Crippen LogP contribution is -2.32. The van der Waals surface area contributed by atoms with Crippen LogP contribution in [0.4, 0.5) is 0 Å². The van der Waals surface area contributed by atoms with E-state index in [0.29, 0.717) is 12.5 Å². The van der Waals surface area contributed by atoms with E-state index in [1.54, 1.807) is 0 Å². The molecule has 0 bridgehead atoms. The molecule has 1 heterocycles. The summed E-state index contributed by atoms with van der Waals surface area (Å²) in [5, 5.41) is 6.15. The SMILES string of the molecule is CCNC1CCCNC(=O)C1. The standard InChI is InChI=1S/C8H16N2O/c1-2-9-7-4-3-5-10-8(11)6-7/h7,9H,2-6H2,1H3,(H,10,11). The fraction of sp³-hybridized carbons (Fsp3) is 0.875. The molecule has 3 heteroatoms. The molecule has 0 spiro atoms. The lowest BCUT2D eigenvalue weighted by Gasteiger charge is -2.12. The zero-order chi connectivity index (χ0) is 8.10. The molecule has 2 N–H and O–H groups in total. The first-order valence-corrected chi connectivity index (χ1v) is 4.33. The lowest BCUT2D eigenvalue weighted by molar-refractivity contribution is -0.121. The topological polar surface area (TPSA) is 41.1 Å². The number of nitrogens with one attached hydrogen (secondary N) is 2. The molecule has 0 aliphatic carbocycles. The smallest absolute Gasteiger partial charge is 0.221 e. The summed E-state index contributed by atoms with van der Waals surface area (Å²) in [4.78, 5) is 11.0. The highest BCUT2D eigenvalue weighted by Gasteiger charge is 2.15. The van der Waals surface area contributed by atoms with Crippen molar-refractivity contribution >= 4 is 5.91 Å². The van der Waals surface area contributed by atoms with Crippen LogP contribution in [0.5, 0.6) is 0 Å². The van der Waals surface area contributed by atoms with Crippen molar-refractivity contribution in [1.29, 1.82) is 0 Å². The Morgan fingerprint density at radius 2 is 2.55 bits per heavy atom. The van der Waals surface area contributed by atoms with Crippen LogP contribution >= 0.6 is 0 Å². The second kappa shape index (κ2) is 4.34. The van der Waals surface area contributed by atoms with Gasteiger partial charge < -0.3 is 10.6 Å². The molecule has 1 fully saturated rings. The predicted molar refractivity (Wildman–Crippen MR) is 44.3 cm³/mol. The first kappa shape index (κ1) is 8.53. The Labute approximate surface area is 67.5 Å². The highest BCUT2D eigenvalue weighted by atomic mass is 16.1. The van der Waals surface area contributed by atoms with Crippen LogP contribution in [-0.2, 0) is 4.79 Å². The third-order valence-electron chi connectivity index (χ3n) is 1.98. The van der Waals surface area contributed by atoms with Gasteiger partial charge in [0, 0.05) is 19.0 Å². The van der Waals surface area contributed by atoms with Crippen molar-refractivity contribution in [3.63, 3.8) is 0 Å². The maximum absolute atomic E-state index is 11.0. The van der Waals surface area contributed by atoms with Gasteiger partial charge in [-0.15, -0.1) is 0 Å². The minimum atomic E-state index is 0.188. The van der Waals surface area contributed by atoms with Gasteiger partial charge in [0.15, 0.2) is 0 Å². The minimum Gasteiger partial charge on any atom is -0.356 e. The van der Waals surface area contributed by atoms with Gasteiger partial charge in [-0.1, -0.05) is 6.92 Å². The summed E-state index contributed by atoms with van der Waals surface area (Å²) in [7, 11) is 0. The zero-order valence-electron chi connectivity index (χ0n) is 7.02. The average Bonchev–Trinajstić information content (AvgIpc) is 2.15. The monoisotopic (exact) mass is 156 g/mol. The van der Waals surface area contributed by atoms with E-state index < -0.39 is 0 Å². The molecule has 0 radical (unpaired) electrons. The molecule has 0 aromatic heterocycles. The quantitative estimate of drug-likeness (QED) is 0.602. The van der Waals surface area contributed by atoms with Crippen LogP contribution in [0.3, 0.4) is 0 Å². The van der Waals surface area contributed by atoms with Crippen molar-refractivity contribution in [2.75, 3.05) is 13.1 Å². The Bertz CT molecular complexity index is 136. The molecule has 64 valence electrons. The van der Waals surface area contributed by atoms with E-state index in [-0.39, 0.29) is 5.91 Å². The molecule has 1 aliphatic heterocycles. The molecule has 0 aromatic carbocycles. The molecular formula is C8H16N2O. The average molecular weight is 156 g/mol. The molecule has 1 aliphatic rings. The third kappa shape index (κ3) is 2.89. The summed E-state index contributed by atoms with van der Waals surface area (Å²) < 4.78 is 0. The molecule has 1 unspecified atom stereocenters. The first-order valence-electron chi connectivity index (χ1n) is 4.33. The van der Waals surface area contributed by atoms with Crippen LogP contribution in [0.2, 0.25) is 0 Å². The number of hydrogen-bond donors (Lipinski definition) is 2. The van der Waals surface area contributed by atoms with Gasteiger partial charge in [0.1, 0.15) is 0 Å². The molecular weight excluding hydrogens is 140 g/mol. The molecule has 0 saturated carbocycles. The van der Waals surface area contributed by atoms with Crippen LogP contribution in [0.15, 0.2) is 0 Å². The normalized spacial score (nSPS) is 25.9. The van der Waals surface area contributed by atoms with Gasteiger partial charge >= 0.3 is 0 Å². The summed E-state index contributed by atoms with van der Waals surface area (Å²) in [6.45, 7) is 3.88. The Balaban J connectivity index is 2.33. The summed E-state index contributed by atoms with van der Waals surface area (Å²) in [6, 6.07) is 0.405. The van der Waals surface area contributed by atoms with Gasteiger partial charge in [0.05, 0.1) is 0 Å². The zero-order valence-corrected chi connectivity index (χ0v) is 7.02. The summed E-state index contributed by atoms with van der Waals surface area (Å²) >= 11 is 0. The maximum Gasteiger partial charge on any atom is 0.221 e. The first-order chi connectivity index (χ1) is 5.33. The van der Waals surface area contributed by atoms with Gasteiger partial charge in [-0.05, 0) is 19.4 Å². The third-order valence-corrected chi connectivity index (χ3v) is 1.98. The number of carbonyl (C=O) groups excluding carboxylic acids is 1. The van der Waals surface area contributed by atoms with Gasteiger partial charge in [0.25, 0.3) is 0 Å². The van der Waals surface area contributed by atoms with Gasteiger partial charge in [-0.3, -0.25) is 4.79 Å². The fourth-order valence-corrected chi connectivity index (χ4v) is 1.44. The van der Waals surface area contributed by atoms with Crippen LogP contribution in [0, 0.1) is 0 Å². The molecule has 1 amide bonds. The van der Waals surface area contributed by atoms with Crippen LogP contribution in [0.25, 0.3) is 0 Å². The van der Waals surface area contributed by atoms with E-state index in [1.807, 2.05) is 0 Å². The Morgan fingerprint density at radius 3 is 3.27 bits per heavy atom. The van der Waals surface area contributed by atoms with Crippen LogP contribution in [-0.4, -0.2) is 25.0 Å². The van der Waals surface area contributed by atoms with Crippen molar-refractivity contribution in [2.24, 2.45) is 0 Å². The van der Waals surface area contributed by atoms with Crippen molar-refractivity contribution in [3.05, 3.63) is 0 Å². The highest BCUT2D eigenvalue weighted by molar-refractivity contribution is 5.76. The second-order valence-corrected chi connectivity index (χ2v) is 2.95. The lowest BCUT2D eigenvalue weighted by atomic mass is 10.1. The molecule has 1 atom stereocenters. The van der Waals surface area contributed by atoms with E-state index in [9.17, 15) is 4.79 Å². The molecule has 1 saturated heterocycles. The summed E-state index contributed by atoms with van der Waals surface area (Å²) in [6.07, 6.45) is 2.86. The second-order valence-electron chi connectivity index (χ2n) is 2.95. The molecule has 11 heavy (non-hydrogen) atoms. The van der Waals surface area contributed by atoms with Crippen molar-refractivity contribution in [2.45, 2.75) is 32.2 Å². The molecule has 3 nitrogen and oxygen atoms in total. The number of carbonyl (C=O) groups is 1. The van der Waals surface area contributed by atoms with Crippen LogP contribution in [0.1, 0.15) is 26.2 Å². The molecule has 1 rings (SSSR count). The Morgan fingerprint density at radius 1 is 1.73 bits per heavy atom. The molecule has 0 aromatic rings. The van der Waals surface area contributed by atoms with E-state index in [4.69, 9.17) is 0 Å². The van der Waals surface area contributed by atoms with Crippen molar-refractivity contribution < 1.29 is 4.79 Å². The van der Waals surface area contributed by atoms with E-state index in [0.717, 1.165) is 25.9 Å². The number of hydrogen-bond acceptors (Lipinski definition) is 2. The fourth-order valence-electron chi connectivity index (χ4n) is 1.44.